The van der Waals surface area contributed by atoms with Crippen LogP contribution in [0.4, 0.5) is 10.1 Å². The first-order chi connectivity index (χ1) is 12.4. The summed E-state index contributed by atoms with van der Waals surface area (Å²) in [6, 6.07) is 11.4. The molecule has 0 saturated carbocycles. The maximum atomic E-state index is 12.9. The average Bonchev–Trinajstić information content (AvgIpc) is 2.95. The SMILES string of the molecule is O=C1CCC(=O)N1c1ccc(S(=O)(=O)NCCc2ccc(F)cc2)cc1. The quantitative estimate of drug-likeness (QED) is 0.782. The molecule has 0 radical (unpaired) electrons. The van der Waals surface area contributed by atoms with Crippen LogP contribution in [0.1, 0.15) is 18.4 Å². The number of nitrogens with zero attached hydrogens (tertiary/aromatic N) is 1. The minimum absolute atomic E-state index is 0.0412. The lowest BCUT2D eigenvalue weighted by molar-refractivity contribution is -0.121. The van der Waals surface area contributed by atoms with Gasteiger partial charge in [0.25, 0.3) is 0 Å². The first-order valence-electron chi connectivity index (χ1n) is 8.07. The number of carbonyl (C=O) groups excluding carboxylic acids is 2. The van der Waals surface area contributed by atoms with E-state index in [1.165, 1.54) is 36.4 Å². The summed E-state index contributed by atoms with van der Waals surface area (Å²) in [6.45, 7) is 0.165. The van der Waals surface area contributed by atoms with E-state index in [-0.39, 0.29) is 41.9 Å². The topological polar surface area (TPSA) is 83.6 Å². The maximum Gasteiger partial charge on any atom is 0.240 e. The van der Waals surface area contributed by atoms with Gasteiger partial charge in [-0.3, -0.25) is 14.5 Å². The molecule has 0 aliphatic carbocycles. The number of hydrogen-bond donors (Lipinski definition) is 1. The van der Waals surface area contributed by atoms with E-state index in [9.17, 15) is 22.4 Å². The predicted molar refractivity (Wildman–Crippen MR) is 93.5 cm³/mol. The molecule has 8 heteroatoms. The number of rotatable bonds is 6. The minimum Gasteiger partial charge on any atom is -0.274 e. The molecule has 2 amide bonds. The summed E-state index contributed by atoms with van der Waals surface area (Å²) in [7, 11) is -3.72. The molecular formula is C18H17FN2O4S. The molecule has 6 nitrogen and oxygen atoms in total. The second kappa shape index (κ2) is 7.35. The lowest BCUT2D eigenvalue weighted by atomic mass is 10.1. The summed E-state index contributed by atoms with van der Waals surface area (Å²) in [4.78, 5) is 24.5. The van der Waals surface area contributed by atoms with E-state index in [1.807, 2.05) is 0 Å². The van der Waals surface area contributed by atoms with Crippen molar-refractivity contribution in [3.63, 3.8) is 0 Å². The van der Waals surface area contributed by atoms with Gasteiger partial charge in [0.05, 0.1) is 10.6 Å². The van der Waals surface area contributed by atoms with E-state index >= 15 is 0 Å². The van der Waals surface area contributed by atoms with Gasteiger partial charge in [-0.2, -0.15) is 0 Å². The van der Waals surface area contributed by atoms with Crippen LogP contribution in [-0.4, -0.2) is 26.8 Å². The molecule has 0 atom stereocenters. The largest absolute Gasteiger partial charge is 0.274 e. The third-order valence-electron chi connectivity index (χ3n) is 4.08. The van der Waals surface area contributed by atoms with E-state index in [2.05, 4.69) is 4.72 Å². The normalized spacial score (nSPS) is 14.9. The molecule has 2 aromatic carbocycles. The van der Waals surface area contributed by atoms with Crippen molar-refractivity contribution in [2.45, 2.75) is 24.2 Å². The highest BCUT2D eigenvalue weighted by Crippen LogP contribution is 2.23. The molecular weight excluding hydrogens is 359 g/mol. The molecule has 1 saturated heterocycles. The highest BCUT2D eigenvalue weighted by molar-refractivity contribution is 7.89. The summed E-state index contributed by atoms with van der Waals surface area (Å²) >= 11 is 0. The number of imide groups is 1. The molecule has 1 fully saturated rings. The second-order valence-electron chi connectivity index (χ2n) is 5.89. The summed E-state index contributed by atoms with van der Waals surface area (Å²) in [5.41, 5.74) is 1.18. The first kappa shape index (κ1) is 18.2. The fraction of sp³-hybridized carbons (Fsp3) is 0.222. The van der Waals surface area contributed by atoms with Gasteiger partial charge in [-0.1, -0.05) is 12.1 Å². The highest BCUT2D eigenvalue weighted by atomic mass is 32.2. The Hall–Kier alpha value is -2.58. The van der Waals surface area contributed by atoms with Crippen molar-refractivity contribution in [2.75, 3.05) is 11.4 Å². The van der Waals surface area contributed by atoms with Crippen molar-refractivity contribution in [1.82, 2.24) is 4.72 Å². The summed E-state index contributed by atoms with van der Waals surface area (Å²) in [5.74, 6) is -0.921. The minimum atomic E-state index is -3.72. The number of amides is 2. The Balaban J connectivity index is 1.64. The van der Waals surface area contributed by atoms with Crippen LogP contribution in [0.25, 0.3) is 0 Å². The third-order valence-corrected chi connectivity index (χ3v) is 5.55. The van der Waals surface area contributed by atoms with Crippen LogP contribution in [-0.2, 0) is 26.0 Å². The van der Waals surface area contributed by atoms with Crippen LogP contribution in [0.15, 0.2) is 53.4 Å². The Labute approximate surface area is 150 Å². The number of nitrogens with one attached hydrogen (secondary N) is 1. The molecule has 0 aromatic heterocycles. The maximum absolute atomic E-state index is 12.9. The van der Waals surface area contributed by atoms with Gasteiger partial charge in [0.2, 0.25) is 21.8 Å². The summed E-state index contributed by atoms with van der Waals surface area (Å²) in [5, 5.41) is 0. The molecule has 0 bridgehead atoms. The molecule has 0 unspecified atom stereocenters. The Morgan fingerprint density at radius 3 is 2.08 bits per heavy atom. The smallest absolute Gasteiger partial charge is 0.240 e. The fourth-order valence-electron chi connectivity index (χ4n) is 2.70. The van der Waals surface area contributed by atoms with Crippen molar-refractivity contribution < 1.29 is 22.4 Å². The van der Waals surface area contributed by atoms with Gasteiger partial charge in [0.15, 0.2) is 0 Å². The monoisotopic (exact) mass is 376 g/mol. The highest BCUT2D eigenvalue weighted by Gasteiger charge is 2.30. The number of carbonyl (C=O) groups is 2. The molecule has 1 aliphatic heterocycles. The van der Waals surface area contributed by atoms with Crippen molar-refractivity contribution in [2.24, 2.45) is 0 Å². The van der Waals surface area contributed by atoms with E-state index < -0.39 is 10.0 Å². The Morgan fingerprint density at radius 1 is 0.923 bits per heavy atom. The number of sulfonamides is 1. The van der Waals surface area contributed by atoms with Gasteiger partial charge in [-0.15, -0.1) is 0 Å². The van der Waals surface area contributed by atoms with Crippen LogP contribution in [0.5, 0.6) is 0 Å². The van der Waals surface area contributed by atoms with Crippen molar-refractivity contribution in [3.05, 3.63) is 59.9 Å². The van der Waals surface area contributed by atoms with Gasteiger partial charge in [0, 0.05) is 19.4 Å². The van der Waals surface area contributed by atoms with E-state index in [4.69, 9.17) is 0 Å². The van der Waals surface area contributed by atoms with Crippen LogP contribution in [0.3, 0.4) is 0 Å². The van der Waals surface area contributed by atoms with Crippen LogP contribution in [0, 0.1) is 5.82 Å². The van der Waals surface area contributed by atoms with Gasteiger partial charge < -0.3 is 0 Å². The number of anilines is 1. The molecule has 1 aliphatic rings. The zero-order valence-electron chi connectivity index (χ0n) is 13.8. The third kappa shape index (κ3) is 3.97. The molecule has 1 N–H and O–H groups in total. The molecule has 1 heterocycles. The van der Waals surface area contributed by atoms with Gasteiger partial charge in [-0.05, 0) is 48.4 Å². The zero-order chi connectivity index (χ0) is 18.7. The van der Waals surface area contributed by atoms with Gasteiger partial charge in [0.1, 0.15) is 5.82 Å². The Bertz CT molecular complexity index is 909. The zero-order valence-corrected chi connectivity index (χ0v) is 14.6. The number of halogens is 1. The lowest BCUT2D eigenvalue weighted by Gasteiger charge is -2.14. The average molecular weight is 376 g/mol. The van der Waals surface area contributed by atoms with Crippen LogP contribution >= 0.6 is 0 Å². The molecule has 136 valence electrons. The van der Waals surface area contributed by atoms with E-state index in [0.29, 0.717) is 12.1 Å². The Kier molecular flexibility index (Phi) is 5.15. The molecule has 3 rings (SSSR count). The van der Waals surface area contributed by atoms with E-state index in [1.54, 1.807) is 12.1 Å². The fourth-order valence-corrected chi connectivity index (χ4v) is 3.73. The van der Waals surface area contributed by atoms with Crippen LogP contribution in [0.2, 0.25) is 0 Å². The molecule has 0 spiro atoms. The number of benzene rings is 2. The van der Waals surface area contributed by atoms with Gasteiger partial charge in [-0.25, -0.2) is 17.5 Å². The summed E-state index contributed by atoms with van der Waals surface area (Å²) in [6.07, 6.45) is 0.766. The van der Waals surface area contributed by atoms with Crippen molar-refractivity contribution in [3.8, 4) is 0 Å². The number of hydrogen-bond acceptors (Lipinski definition) is 4. The lowest BCUT2D eigenvalue weighted by Crippen LogP contribution is -2.29. The molecule has 26 heavy (non-hydrogen) atoms. The van der Waals surface area contributed by atoms with Crippen molar-refractivity contribution in [1.29, 1.82) is 0 Å². The first-order valence-corrected chi connectivity index (χ1v) is 9.55. The predicted octanol–water partition coefficient (Wildman–Crippen LogP) is 2.00. The van der Waals surface area contributed by atoms with Crippen LogP contribution < -0.4 is 9.62 Å². The van der Waals surface area contributed by atoms with Gasteiger partial charge >= 0.3 is 0 Å². The summed E-state index contributed by atoms with van der Waals surface area (Å²) < 4.78 is 40.0. The Morgan fingerprint density at radius 2 is 1.50 bits per heavy atom. The van der Waals surface area contributed by atoms with E-state index in [0.717, 1.165) is 10.5 Å². The second-order valence-corrected chi connectivity index (χ2v) is 7.66. The van der Waals surface area contributed by atoms with Crippen molar-refractivity contribution >= 4 is 27.5 Å². The standard InChI is InChI=1S/C18H17FN2O4S/c19-14-3-1-13(2-4-14)11-12-20-26(24,25)16-7-5-15(6-8-16)21-17(22)9-10-18(21)23/h1-8,20H,9-12H2. The molecule has 2 aromatic rings.